The Bertz CT molecular complexity index is 1720. The fourth-order valence-corrected chi connectivity index (χ4v) is 8.17. The molecule has 1 aliphatic carbocycles. The molecule has 0 radical (unpaired) electrons. The number of hydrogen-bond acceptors (Lipinski definition) is 7. The number of aromatic carboxylic acids is 1. The summed E-state index contributed by atoms with van der Waals surface area (Å²) in [6, 6.07) is 15.1. The summed E-state index contributed by atoms with van der Waals surface area (Å²) in [7, 11) is -1.33. The molecule has 0 atom stereocenters. The number of thiophene rings is 1. The van der Waals surface area contributed by atoms with Gasteiger partial charge >= 0.3 is 5.97 Å². The second-order valence-electron chi connectivity index (χ2n) is 11.3. The van der Waals surface area contributed by atoms with Crippen LogP contribution in [0.5, 0.6) is 5.75 Å². The summed E-state index contributed by atoms with van der Waals surface area (Å²) in [6.07, 6.45) is 7.09. The van der Waals surface area contributed by atoms with Crippen molar-refractivity contribution in [1.82, 2.24) is 4.57 Å². The highest BCUT2D eigenvalue weighted by Gasteiger charge is 2.28. The average Bonchev–Trinajstić information content (AvgIpc) is 3.55. The molecule has 43 heavy (non-hydrogen) atoms. The number of carboxylic acid groups (broad SMARTS) is 1. The summed E-state index contributed by atoms with van der Waals surface area (Å²) in [6.45, 7) is 2.98. The number of rotatable bonds is 8. The quantitative estimate of drug-likeness (QED) is 0.223. The number of sulfone groups is 1. The number of morpholine rings is 1. The van der Waals surface area contributed by atoms with E-state index in [1.165, 1.54) is 42.4 Å². The molecule has 0 bridgehead atoms. The lowest BCUT2D eigenvalue weighted by atomic mass is 9.83. The summed E-state index contributed by atoms with van der Waals surface area (Å²) < 4.78 is 39.5. The Labute approximate surface area is 262 Å². The molecule has 1 N–H and O–H groups in total. The fraction of sp³-hybridized carbons (Fsp3) is 0.406. The van der Waals surface area contributed by atoms with Gasteiger partial charge in [0, 0.05) is 37.6 Å². The summed E-state index contributed by atoms with van der Waals surface area (Å²) in [5.74, 6) is 0.224. The lowest BCUT2D eigenvalue weighted by Crippen LogP contribution is -2.36. The van der Waals surface area contributed by atoms with Crippen LogP contribution in [0, 0.1) is 0 Å². The predicted molar refractivity (Wildman–Crippen MR) is 173 cm³/mol. The molecule has 0 unspecified atom stereocenters. The van der Waals surface area contributed by atoms with Gasteiger partial charge in [0.2, 0.25) is 0 Å². The summed E-state index contributed by atoms with van der Waals surface area (Å²) in [5.41, 5.74) is 6.23. The van der Waals surface area contributed by atoms with Gasteiger partial charge < -0.3 is 24.0 Å². The third-order valence-electron chi connectivity index (χ3n) is 8.49. The smallest absolute Gasteiger partial charge is 0.345 e. The van der Waals surface area contributed by atoms with Crippen LogP contribution in [-0.4, -0.2) is 56.6 Å². The number of ether oxygens (including phenoxy) is 2. The second-order valence-corrected chi connectivity index (χ2v) is 14.3. The maximum Gasteiger partial charge on any atom is 0.345 e. The van der Waals surface area contributed by atoms with E-state index in [9.17, 15) is 18.3 Å². The maximum atomic E-state index is 12.3. The van der Waals surface area contributed by atoms with E-state index in [2.05, 4.69) is 21.6 Å². The number of aryl methyl sites for hydroxylation is 1. The van der Waals surface area contributed by atoms with Crippen molar-refractivity contribution in [3.05, 3.63) is 64.5 Å². The van der Waals surface area contributed by atoms with Crippen LogP contribution in [0.4, 0.5) is 5.69 Å². The van der Waals surface area contributed by atoms with Crippen LogP contribution in [0.25, 0.3) is 21.5 Å². The Morgan fingerprint density at radius 3 is 2.40 bits per heavy atom. The van der Waals surface area contributed by atoms with Crippen molar-refractivity contribution in [2.24, 2.45) is 7.05 Å². The lowest BCUT2D eigenvalue weighted by Gasteiger charge is -2.30. The molecule has 6 rings (SSSR count). The van der Waals surface area contributed by atoms with Crippen molar-refractivity contribution in [3.8, 4) is 17.0 Å². The van der Waals surface area contributed by atoms with Crippen molar-refractivity contribution in [2.45, 2.75) is 49.5 Å². The van der Waals surface area contributed by atoms with E-state index in [1.54, 1.807) is 18.2 Å². The SMILES string of the molecule is Cl.Cn1c(-c2ccc(OCc3cc(S(C)(=O)=O)ccc3N3CCOCC3)cc2)c(C2CCCCC2)c2sc(C(=O)O)cc21. The van der Waals surface area contributed by atoms with Gasteiger partial charge in [-0.1, -0.05) is 19.3 Å². The first-order valence-corrected chi connectivity index (χ1v) is 17.2. The number of aromatic nitrogens is 1. The van der Waals surface area contributed by atoms with Crippen molar-refractivity contribution in [2.75, 3.05) is 37.5 Å². The molecular weight excluding hydrogens is 608 g/mol. The first-order valence-electron chi connectivity index (χ1n) is 14.4. The van der Waals surface area contributed by atoms with Crippen molar-refractivity contribution in [3.63, 3.8) is 0 Å². The largest absolute Gasteiger partial charge is 0.489 e. The molecule has 0 spiro atoms. The van der Waals surface area contributed by atoms with Gasteiger partial charge in [-0.3, -0.25) is 0 Å². The fourth-order valence-electron chi connectivity index (χ4n) is 6.35. The van der Waals surface area contributed by atoms with Crippen LogP contribution in [-0.2, 0) is 28.2 Å². The average molecular weight is 645 g/mol. The van der Waals surface area contributed by atoms with Gasteiger partial charge in [-0.15, -0.1) is 23.7 Å². The van der Waals surface area contributed by atoms with Gasteiger partial charge in [0.15, 0.2) is 9.84 Å². The summed E-state index contributed by atoms with van der Waals surface area (Å²) >= 11 is 1.38. The van der Waals surface area contributed by atoms with E-state index in [4.69, 9.17) is 9.47 Å². The zero-order chi connectivity index (χ0) is 29.4. The highest BCUT2D eigenvalue weighted by molar-refractivity contribution is 7.90. The zero-order valence-electron chi connectivity index (χ0n) is 24.4. The van der Waals surface area contributed by atoms with Crippen LogP contribution in [0.3, 0.4) is 0 Å². The molecule has 1 aliphatic heterocycles. The van der Waals surface area contributed by atoms with E-state index >= 15 is 0 Å². The molecule has 8 nitrogen and oxygen atoms in total. The molecule has 2 aliphatic rings. The van der Waals surface area contributed by atoms with Gasteiger partial charge in [-0.05, 0) is 78.4 Å². The van der Waals surface area contributed by atoms with E-state index in [0.29, 0.717) is 29.8 Å². The number of anilines is 1. The van der Waals surface area contributed by atoms with Gasteiger partial charge in [-0.2, -0.15) is 0 Å². The maximum absolute atomic E-state index is 12.3. The number of halogens is 1. The molecule has 230 valence electrons. The topological polar surface area (TPSA) is 98.1 Å². The molecule has 2 fully saturated rings. The lowest BCUT2D eigenvalue weighted by molar-refractivity contribution is 0.0702. The number of benzene rings is 2. The second kappa shape index (κ2) is 12.9. The minimum absolute atomic E-state index is 0. The van der Waals surface area contributed by atoms with Gasteiger partial charge in [0.05, 0.1) is 34.0 Å². The number of carboxylic acids is 1. The Kier molecular flexibility index (Phi) is 9.41. The van der Waals surface area contributed by atoms with E-state index in [-0.39, 0.29) is 23.9 Å². The first kappa shape index (κ1) is 31.4. The van der Waals surface area contributed by atoms with Crippen LogP contribution in [0.15, 0.2) is 53.4 Å². The van der Waals surface area contributed by atoms with Gasteiger partial charge in [-0.25, -0.2) is 13.2 Å². The Hall–Kier alpha value is -3.05. The van der Waals surface area contributed by atoms with Crippen molar-refractivity contribution < 1.29 is 27.8 Å². The highest BCUT2D eigenvalue weighted by Crippen LogP contribution is 2.46. The third-order valence-corrected chi connectivity index (χ3v) is 10.7. The molecular formula is C32H37ClN2O6S2. The Morgan fingerprint density at radius 2 is 1.74 bits per heavy atom. The third kappa shape index (κ3) is 6.43. The zero-order valence-corrected chi connectivity index (χ0v) is 26.8. The number of carbonyl (C=O) groups is 1. The molecule has 1 saturated carbocycles. The van der Waals surface area contributed by atoms with Gasteiger partial charge in [0.25, 0.3) is 0 Å². The number of fused-ring (bicyclic) bond motifs is 1. The van der Waals surface area contributed by atoms with Crippen LogP contribution < -0.4 is 9.64 Å². The van der Waals surface area contributed by atoms with E-state index < -0.39 is 15.8 Å². The summed E-state index contributed by atoms with van der Waals surface area (Å²) in [4.78, 5) is 14.6. The minimum Gasteiger partial charge on any atom is -0.489 e. The van der Waals surface area contributed by atoms with Crippen molar-refractivity contribution in [1.29, 1.82) is 0 Å². The van der Waals surface area contributed by atoms with Crippen LogP contribution in [0.1, 0.15) is 58.8 Å². The molecule has 1 saturated heterocycles. The van der Waals surface area contributed by atoms with Crippen molar-refractivity contribution >= 4 is 55.5 Å². The molecule has 2 aromatic heterocycles. The molecule has 2 aromatic carbocycles. The Balaban J connectivity index is 0.00000368. The molecule has 0 amide bonds. The Morgan fingerprint density at radius 1 is 1.05 bits per heavy atom. The summed E-state index contributed by atoms with van der Waals surface area (Å²) in [5, 5.41) is 9.64. The van der Waals surface area contributed by atoms with Crippen LogP contribution >= 0.6 is 23.7 Å². The van der Waals surface area contributed by atoms with Gasteiger partial charge in [0.1, 0.15) is 17.2 Å². The number of hydrogen-bond donors (Lipinski definition) is 1. The molecule has 4 aromatic rings. The molecule has 3 heterocycles. The predicted octanol–water partition coefficient (Wildman–Crippen LogP) is 6.89. The van der Waals surface area contributed by atoms with Crippen LogP contribution in [0.2, 0.25) is 0 Å². The standard InChI is InChI=1S/C32H36N2O6S2.ClH/c1-33-27-19-28(32(35)36)41-31(27)29(21-6-4-3-5-7-21)30(33)22-8-10-24(11-9-22)40-20-23-18-25(42(2,37)38)12-13-26(23)34-14-16-39-17-15-34;/h8-13,18-19,21H,3-7,14-17,20H2,1-2H3,(H,35,36);1H. The highest BCUT2D eigenvalue weighted by atomic mass is 35.5. The first-order chi connectivity index (χ1) is 20.2. The number of nitrogens with zero attached hydrogens (tertiary/aromatic N) is 2. The minimum atomic E-state index is -3.36. The van der Waals surface area contributed by atoms with E-state index in [1.807, 2.05) is 25.2 Å². The van der Waals surface area contributed by atoms with E-state index in [0.717, 1.165) is 58.7 Å². The normalized spacial score (nSPS) is 16.3. The monoisotopic (exact) mass is 644 g/mol. The molecule has 11 heteroatoms.